The van der Waals surface area contributed by atoms with Crippen LogP contribution in [0.1, 0.15) is 5.56 Å². The lowest BCUT2D eigenvalue weighted by Crippen LogP contribution is -1.95. The lowest BCUT2D eigenvalue weighted by molar-refractivity contribution is 0.628. The molecule has 106 valence electrons. The molecule has 5 heteroatoms. The number of nitrogens with two attached hydrogens (primary N) is 1. The van der Waals surface area contributed by atoms with E-state index in [0.29, 0.717) is 6.54 Å². The highest BCUT2D eigenvalue weighted by Gasteiger charge is 2.08. The van der Waals surface area contributed by atoms with E-state index in [2.05, 4.69) is 4.98 Å². The minimum absolute atomic E-state index is 0.106. The highest BCUT2D eigenvalue weighted by atomic mass is 35.5. The van der Waals surface area contributed by atoms with Crippen molar-refractivity contribution in [3.63, 3.8) is 0 Å². The highest BCUT2D eigenvalue weighted by Crippen LogP contribution is 2.30. The average Bonchev–Trinajstić information content (AvgIpc) is 3.00. The molecular formula is C16H12ClFN2S. The molecule has 0 radical (unpaired) electrons. The molecule has 2 nitrogen and oxygen atoms in total. The van der Waals surface area contributed by atoms with Gasteiger partial charge in [-0.15, -0.1) is 11.3 Å². The zero-order valence-corrected chi connectivity index (χ0v) is 12.6. The van der Waals surface area contributed by atoms with Gasteiger partial charge in [-0.3, -0.25) is 0 Å². The fraction of sp³-hybridized carbons (Fsp3) is 0.0625. The topological polar surface area (TPSA) is 38.9 Å². The molecular weight excluding hydrogens is 307 g/mol. The molecule has 0 saturated heterocycles. The molecule has 0 aliphatic rings. The van der Waals surface area contributed by atoms with Gasteiger partial charge in [0.05, 0.1) is 10.7 Å². The third-order valence-electron chi connectivity index (χ3n) is 3.16. The normalized spacial score (nSPS) is 10.8. The van der Waals surface area contributed by atoms with E-state index in [9.17, 15) is 4.39 Å². The number of rotatable bonds is 3. The summed E-state index contributed by atoms with van der Waals surface area (Å²) in [7, 11) is 0. The molecule has 0 saturated carbocycles. The quantitative estimate of drug-likeness (QED) is 0.758. The van der Waals surface area contributed by atoms with Crippen LogP contribution in [-0.2, 0) is 6.54 Å². The monoisotopic (exact) mass is 318 g/mol. The molecule has 0 aliphatic heterocycles. The smallest absolute Gasteiger partial charge is 0.141 e. The first-order valence-corrected chi connectivity index (χ1v) is 7.63. The van der Waals surface area contributed by atoms with E-state index in [1.807, 2.05) is 29.6 Å². The first-order valence-electron chi connectivity index (χ1n) is 6.37. The van der Waals surface area contributed by atoms with Crippen molar-refractivity contribution in [3.8, 4) is 21.8 Å². The Morgan fingerprint density at radius 1 is 1.10 bits per heavy atom. The van der Waals surface area contributed by atoms with Crippen LogP contribution in [0.15, 0.2) is 47.8 Å². The van der Waals surface area contributed by atoms with Crippen molar-refractivity contribution in [1.29, 1.82) is 0 Å². The van der Waals surface area contributed by atoms with Crippen LogP contribution in [0.25, 0.3) is 21.8 Å². The van der Waals surface area contributed by atoms with Crippen molar-refractivity contribution < 1.29 is 4.39 Å². The summed E-state index contributed by atoms with van der Waals surface area (Å²) in [5.41, 5.74) is 9.31. The van der Waals surface area contributed by atoms with Gasteiger partial charge in [-0.05, 0) is 23.8 Å². The van der Waals surface area contributed by atoms with Crippen LogP contribution in [0, 0.1) is 5.82 Å². The molecule has 0 atom stereocenters. The number of thiazole rings is 1. The second kappa shape index (κ2) is 5.93. The van der Waals surface area contributed by atoms with Crippen LogP contribution in [0.2, 0.25) is 5.02 Å². The maximum Gasteiger partial charge on any atom is 0.141 e. The minimum Gasteiger partial charge on any atom is -0.326 e. The van der Waals surface area contributed by atoms with Gasteiger partial charge in [-0.1, -0.05) is 35.9 Å². The first-order chi connectivity index (χ1) is 10.2. The third kappa shape index (κ3) is 2.97. The molecule has 3 rings (SSSR count). The third-order valence-corrected chi connectivity index (χ3v) is 4.34. The minimum atomic E-state index is -0.423. The van der Waals surface area contributed by atoms with Crippen molar-refractivity contribution in [2.45, 2.75) is 6.54 Å². The fourth-order valence-electron chi connectivity index (χ4n) is 1.98. The number of hydrogen-bond donors (Lipinski definition) is 1. The molecule has 0 bridgehead atoms. The molecule has 0 aliphatic carbocycles. The summed E-state index contributed by atoms with van der Waals surface area (Å²) < 4.78 is 13.2. The number of halogens is 2. The predicted octanol–water partition coefficient (Wildman–Crippen LogP) is 4.73. The van der Waals surface area contributed by atoms with Gasteiger partial charge in [0.1, 0.15) is 10.8 Å². The molecule has 2 aromatic carbocycles. The molecule has 0 spiro atoms. The Kier molecular flexibility index (Phi) is 4.01. The zero-order valence-electron chi connectivity index (χ0n) is 11.0. The summed E-state index contributed by atoms with van der Waals surface area (Å²) in [6, 6.07) is 12.6. The molecule has 2 N–H and O–H groups in total. The van der Waals surface area contributed by atoms with Crippen LogP contribution in [0.3, 0.4) is 0 Å². The Hall–Kier alpha value is -1.75. The van der Waals surface area contributed by atoms with E-state index in [0.717, 1.165) is 27.4 Å². The zero-order chi connectivity index (χ0) is 14.8. The van der Waals surface area contributed by atoms with E-state index in [-0.39, 0.29) is 5.02 Å². The number of benzene rings is 2. The Morgan fingerprint density at radius 2 is 1.81 bits per heavy atom. The Bertz CT molecular complexity index is 768. The molecule has 0 fully saturated rings. The van der Waals surface area contributed by atoms with Crippen LogP contribution >= 0.6 is 22.9 Å². The Labute approximate surface area is 131 Å². The van der Waals surface area contributed by atoms with Crippen molar-refractivity contribution in [3.05, 3.63) is 64.2 Å². The van der Waals surface area contributed by atoms with Gasteiger partial charge in [-0.25, -0.2) is 9.37 Å². The summed E-state index contributed by atoms with van der Waals surface area (Å²) >= 11 is 7.35. The van der Waals surface area contributed by atoms with E-state index >= 15 is 0 Å². The Balaban J connectivity index is 1.93. The summed E-state index contributed by atoms with van der Waals surface area (Å²) in [6.07, 6.45) is 0. The van der Waals surface area contributed by atoms with Crippen molar-refractivity contribution in [1.82, 2.24) is 4.98 Å². The van der Waals surface area contributed by atoms with Gasteiger partial charge in [0.25, 0.3) is 0 Å². The summed E-state index contributed by atoms with van der Waals surface area (Å²) in [6.45, 7) is 0.525. The van der Waals surface area contributed by atoms with Gasteiger partial charge < -0.3 is 5.73 Å². The van der Waals surface area contributed by atoms with Crippen LogP contribution in [-0.4, -0.2) is 4.98 Å². The van der Waals surface area contributed by atoms with Crippen LogP contribution in [0.4, 0.5) is 4.39 Å². The summed E-state index contributed by atoms with van der Waals surface area (Å²) in [5.74, 6) is -0.423. The van der Waals surface area contributed by atoms with E-state index in [4.69, 9.17) is 17.3 Å². The number of nitrogens with zero attached hydrogens (tertiary/aromatic N) is 1. The summed E-state index contributed by atoms with van der Waals surface area (Å²) in [5, 5.41) is 2.96. The largest absolute Gasteiger partial charge is 0.326 e. The van der Waals surface area contributed by atoms with Gasteiger partial charge in [0, 0.05) is 23.1 Å². The van der Waals surface area contributed by atoms with E-state index < -0.39 is 5.82 Å². The van der Waals surface area contributed by atoms with Crippen LogP contribution < -0.4 is 5.73 Å². The van der Waals surface area contributed by atoms with E-state index in [1.54, 1.807) is 23.5 Å². The maximum atomic E-state index is 13.2. The summed E-state index contributed by atoms with van der Waals surface area (Å²) in [4.78, 5) is 4.58. The average molecular weight is 319 g/mol. The predicted molar refractivity (Wildman–Crippen MR) is 85.8 cm³/mol. The van der Waals surface area contributed by atoms with Crippen molar-refractivity contribution in [2.24, 2.45) is 5.73 Å². The van der Waals surface area contributed by atoms with Gasteiger partial charge in [0.15, 0.2) is 0 Å². The fourth-order valence-corrected chi connectivity index (χ4v) is 2.99. The van der Waals surface area contributed by atoms with E-state index in [1.165, 1.54) is 6.07 Å². The molecule has 0 amide bonds. The number of hydrogen-bond acceptors (Lipinski definition) is 3. The first kappa shape index (κ1) is 14.2. The van der Waals surface area contributed by atoms with Gasteiger partial charge >= 0.3 is 0 Å². The molecule has 1 aromatic heterocycles. The second-order valence-electron chi connectivity index (χ2n) is 4.57. The van der Waals surface area contributed by atoms with Crippen molar-refractivity contribution in [2.75, 3.05) is 0 Å². The standard InChI is InChI=1S/C16H12ClFN2S/c17-13-7-12(5-6-14(13)18)15-9-21-16(20-15)11-3-1-10(8-19)2-4-11/h1-7,9H,8,19H2. The molecule has 21 heavy (non-hydrogen) atoms. The highest BCUT2D eigenvalue weighted by molar-refractivity contribution is 7.13. The van der Waals surface area contributed by atoms with Gasteiger partial charge in [0.2, 0.25) is 0 Å². The molecule has 1 heterocycles. The molecule has 3 aromatic rings. The lowest BCUT2D eigenvalue weighted by atomic mass is 10.1. The van der Waals surface area contributed by atoms with Crippen molar-refractivity contribution >= 4 is 22.9 Å². The Morgan fingerprint density at radius 3 is 2.48 bits per heavy atom. The SMILES string of the molecule is NCc1ccc(-c2nc(-c3ccc(F)c(Cl)c3)cs2)cc1. The lowest BCUT2D eigenvalue weighted by Gasteiger charge is -2.00. The van der Waals surface area contributed by atoms with Gasteiger partial charge in [-0.2, -0.15) is 0 Å². The maximum absolute atomic E-state index is 13.2. The second-order valence-corrected chi connectivity index (χ2v) is 5.83. The molecule has 0 unspecified atom stereocenters. The van der Waals surface area contributed by atoms with Crippen LogP contribution in [0.5, 0.6) is 0 Å². The number of aromatic nitrogens is 1.